The second-order valence-corrected chi connectivity index (χ2v) is 9.80. The van der Waals surface area contributed by atoms with E-state index in [0.717, 1.165) is 23.7 Å². The highest BCUT2D eigenvalue weighted by molar-refractivity contribution is 5.19. The fourth-order valence-electron chi connectivity index (χ4n) is 5.83. The highest BCUT2D eigenvalue weighted by atomic mass is 14.3. The largest absolute Gasteiger partial charge is 0.0654 e. The summed E-state index contributed by atoms with van der Waals surface area (Å²) in [5.74, 6) is 4.01. The van der Waals surface area contributed by atoms with Gasteiger partial charge in [0.1, 0.15) is 0 Å². The lowest BCUT2D eigenvalue weighted by molar-refractivity contribution is 0.222. The lowest BCUT2D eigenvalue weighted by Gasteiger charge is -2.32. The first-order valence-electron chi connectivity index (χ1n) is 12.4. The number of unbranched alkanes of at least 4 members (excludes halogenated alkanes) is 4. The van der Waals surface area contributed by atoms with E-state index in [1.54, 1.807) is 31.2 Å². The van der Waals surface area contributed by atoms with Crippen molar-refractivity contribution in [2.24, 2.45) is 17.8 Å². The molecule has 152 valence electrons. The zero-order valence-electron chi connectivity index (χ0n) is 18.0. The first-order valence-corrected chi connectivity index (χ1v) is 12.4. The van der Waals surface area contributed by atoms with E-state index >= 15 is 0 Å². The summed E-state index contributed by atoms with van der Waals surface area (Å²) < 4.78 is 0. The number of hydrogen-bond donors (Lipinski definition) is 0. The van der Waals surface area contributed by atoms with E-state index in [1.165, 1.54) is 77.0 Å². The fourth-order valence-corrected chi connectivity index (χ4v) is 5.83. The van der Waals surface area contributed by atoms with Gasteiger partial charge in [0.05, 0.1) is 0 Å². The van der Waals surface area contributed by atoms with Crippen molar-refractivity contribution in [1.29, 1.82) is 0 Å². The minimum atomic E-state index is 0.843. The molecule has 2 aliphatic carbocycles. The van der Waals surface area contributed by atoms with Crippen molar-refractivity contribution in [3.8, 4) is 0 Å². The standard InChI is InChI=1S/C27H44/c1-2-3-4-5-7-10-23-13-15-24(16-14-23)17-18-25-19-21-27(22-20-25)26-11-8-6-9-12-26/h6,8-9,11-12,23-25,27H,2-5,7,10,13-22H2,1H3. The number of hydrogen-bond acceptors (Lipinski definition) is 0. The van der Waals surface area contributed by atoms with E-state index < -0.39 is 0 Å². The Kier molecular flexibility index (Phi) is 9.25. The summed E-state index contributed by atoms with van der Waals surface area (Å²) in [7, 11) is 0. The second-order valence-electron chi connectivity index (χ2n) is 9.80. The summed E-state index contributed by atoms with van der Waals surface area (Å²) >= 11 is 0. The van der Waals surface area contributed by atoms with Crippen LogP contribution in [0.2, 0.25) is 0 Å². The molecule has 0 radical (unpaired) electrons. The van der Waals surface area contributed by atoms with Crippen LogP contribution in [-0.4, -0.2) is 0 Å². The molecule has 0 atom stereocenters. The quantitative estimate of drug-likeness (QED) is 0.362. The van der Waals surface area contributed by atoms with E-state index in [2.05, 4.69) is 37.3 Å². The van der Waals surface area contributed by atoms with Crippen LogP contribution in [0.3, 0.4) is 0 Å². The first kappa shape index (κ1) is 20.9. The molecule has 0 heteroatoms. The van der Waals surface area contributed by atoms with Gasteiger partial charge in [-0.05, 0) is 54.9 Å². The Balaban J connectivity index is 1.24. The molecule has 3 rings (SSSR count). The molecule has 0 heterocycles. The molecule has 0 unspecified atom stereocenters. The summed E-state index contributed by atoms with van der Waals surface area (Å²) in [5.41, 5.74) is 1.59. The van der Waals surface area contributed by atoms with E-state index in [4.69, 9.17) is 0 Å². The topological polar surface area (TPSA) is 0 Å². The van der Waals surface area contributed by atoms with Crippen LogP contribution in [-0.2, 0) is 0 Å². The molecule has 2 aliphatic rings. The monoisotopic (exact) mass is 368 g/mol. The van der Waals surface area contributed by atoms with E-state index in [0.29, 0.717) is 0 Å². The molecule has 0 nitrogen and oxygen atoms in total. The van der Waals surface area contributed by atoms with Crippen LogP contribution in [0, 0.1) is 17.8 Å². The number of rotatable bonds is 10. The first-order chi connectivity index (χ1) is 13.3. The highest BCUT2D eigenvalue weighted by Gasteiger charge is 2.25. The van der Waals surface area contributed by atoms with Gasteiger partial charge >= 0.3 is 0 Å². The van der Waals surface area contributed by atoms with Crippen LogP contribution < -0.4 is 0 Å². The Morgan fingerprint density at radius 1 is 0.593 bits per heavy atom. The molecule has 2 fully saturated rings. The summed E-state index contributed by atoms with van der Waals surface area (Å²) in [6.07, 6.45) is 23.8. The van der Waals surface area contributed by atoms with Crippen molar-refractivity contribution >= 4 is 0 Å². The van der Waals surface area contributed by atoms with Gasteiger partial charge in [0.25, 0.3) is 0 Å². The minimum Gasteiger partial charge on any atom is -0.0654 e. The van der Waals surface area contributed by atoms with Crippen molar-refractivity contribution in [3.63, 3.8) is 0 Å². The van der Waals surface area contributed by atoms with Crippen LogP contribution >= 0.6 is 0 Å². The Hall–Kier alpha value is -0.780. The van der Waals surface area contributed by atoms with Gasteiger partial charge in [0.2, 0.25) is 0 Å². The Labute approximate surface area is 169 Å². The van der Waals surface area contributed by atoms with Gasteiger partial charge in [-0.15, -0.1) is 0 Å². The Bertz CT molecular complexity index is 474. The Morgan fingerprint density at radius 2 is 1.11 bits per heavy atom. The zero-order valence-corrected chi connectivity index (χ0v) is 18.0. The molecule has 0 aromatic heterocycles. The third-order valence-corrected chi connectivity index (χ3v) is 7.78. The molecule has 1 aromatic carbocycles. The van der Waals surface area contributed by atoms with Crippen molar-refractivity contribution in [3.05, 3.63) is 35.9 Å². The molecule has 27 heavy (non-hydrogen) atoms. The molecule has 0 amide bonds. The minimum absolute atomic E-state index is 0.843. The lowest BCUT2D eigenvalue weighted by Crippen LogP contribution is -2.17. The van der Waals surface area contributed by atoms with Crippen LogP contribution in [0.25, 0.3) is 0 Å². The molecule has 0 N–H and O–H groups in total. The smallest absolute Gasteiger partial charge is 0.0162 e. The molecule has 0 bridgehead atoms. The van der Waals surface area contributed by atoms with Gasteiger partial charge in [-0.2, -0.15) is 0 Å². The molecule has 0 saturated heterocycles. The molecule has 0 aliphatic heterocycles. The summed E-state index contributed by atoms with van der Waals surface area (Å²) in [6, 6.07) is 11.3. The van der Waals surface area contributed by atoms with E-state index in [-0.39, 0.29) is 0 Å². The average Bonchev–Trinajstić information content (AvgIpc) is 2.74. The maximum Gasteiger partial charge on any atom is -0.0162 e. The van der Waals surface area contributed by atoms with Gasteiger partial charge < -0.3 is 0 Å². The molecule has 1 aromatic rings. The molecule has 2 saturated carbocycles. The fraction of sp³-hybridized carbons (Fsp3) is 0.778. The summed E-state index contributed by atoms with van der Waals surface area (Å²) in [4.78, 5) is 0. The van der Waals surface area contributed by atoms with E-state index in [9.17, 15) is 0 Å². The lowest BCUT2D eigenvalue weighted by atomic mass is 9.74. The van der Waals surface area contributed by atoms with Gasteiger partial charge in [-0.25, -0.2) is 0 Å². The third-order valence-electron chi connectivity index (χ3n) is 7.78. The van der Waals surface area contributed by atoms with Crippen LogP contribution in [0.5, 0.6) is 0 Å². The van der Waals surface area contributed by atoms with Gasteiger partial charge in [0, 0.05) is 0 Å². The Morgan fingerprint density at radius 3 is 1.70 bits per heavy atom. The maximum atomic E-state index is 2.34. The van der Waals surface area contributed by atoms with Crippen LogP contribution in [0.1, 0.15) is 121 Å². The van der Waals surface area contributed by atoms with Crippen molar-refractivity contribution < 1.29 is 0 Å². The van der Waals surface area contributed by atoms with Gasteiger partial charge in [0.15, 0.2) is 0 Å². The predicted octanol–water partition coefficient (Wildman–Crippen LogP) is 8.91. The normalized spacial score (nSPS) is 28.9. The number of benzene rings is 1. The summed E-state index contributed by atoms with van der Waals surface area (Å²) in [5, 5.41) is 0. The van der Waals surface area contributed by atoms with Crippen molar-refractivity contribution in [2.75, 3.05) is 0 Å². The third kappa shape index (κ3) is 7.28. The molecule has 0 spiro atoms. The zero-order chi connectivity index (χ0) is 18.7. The van der Waals surface area contributed by atoms with Crippen LogP contribution in [0.4, 0.5) is 0 Å². The highest BCUT2D eigenvalue weighted by Crippen LogP contribution is 2.40. The second kappa shape index (κ2) is 11.9. The molecular weight excluding hydrogens is 324 g/mol. The maximum absolute atomic E-state index is 2.34. The predicted molar refractivity (Wildman–Crippen MR) is 119 cm³/mol. The van der Waals surface area contributed by atoms with Crippen LogP contribution in [0.15, 0.2) is 30.3 Å². The SMILES string of the molecule is CCCCCCCC1CCC(CCC2CCC(c3ccccc3)CC2)CC1. The molecular formula is C27H44. The van der Waals surface area contributed by atoms with E-state index in [1.807, 2.05) is 0 Å². The van der Waals surface area contributed by atoms with Gasteiger partial charge in [-0.1, -0.05) is 114 Å². The van der Waals surface area contributed by atoms with Gasteiger partial charge in [-0.3, -0.25) is 0 Å². The average molecular weight is 369 g/mol. The van der Waals surface area contributed by atoms with Crippen molar-refractivity contribution in [1.82, 2.24) is 0 Å². The summed E-state index contributed by atoms with van der Waals surface area (Å²) in [6.45, 7) is 2.32. The van der Waals surface area contributed by atoms with Crippen molar-refractivity contribution in [2.45, 2.75) is 116 Å².